The third-order valence-electron chi connectivity index (χ3n) is 7.19. The average Bonchev–Trinajstić information content (AvgIpc) is 3.24. The maximum atomic E-state index is 14.0. The Morgan fingerprint density at radius 1 is 1.14 bits per heavy atom. The van der Waals surface area contributed by atoms with Crippen molar-refractivity contribution in [2.24, 2.45) is 0 Å². The van der Waals surface area contributed by atoms with Gasteiger partial charge in [0, 0.05) is 41.1 Å². The minimum absolute atomic E-state index is 0.0985. The Hall–Kier alpha value is -2.49. The normalized spacial score (nSPS) is 20.6. The molecule has 9 heteroatoms. The monoisotopic (exact) mass is 544 g/mol. The molecule has 0 radical (unpaired) electrons. The minimum atomic E-state index is -0.591. The summed E-state index contributed by atoms with van der Waals surface area (Å²) in [5, 5.41) is 13.5. The molecule has 7 nitrogen and oxygen atoms in total. The Labute approximate surface area is 212 Å². The fraction of sp³-hybridized carbons (Fsp3) is 0.462. The van der Waals surface area contributed by atoms with Gasteiger partial charge in [-0.2, -0.15) is 0 Å². The minimum Gasteiger partial charge on any atom is -0.390 e. The molecule has 2 amide bonds. The number of rotatable bonds is 5. The van der Waals surface area contributed by atoms with Crippen molar-refractivity contribution < 1.29 is 19.1 Å². The van der Waals surface area contributed by atoms with Gasteiger partial charge in [0.05, 0.1) is 22.9 Å². The Bertz CT molecular complexity index is 1200. The number of anilines is 1. The van der Waals surface area contributed by atoms with Crippen LogP contribution in [0.3, 0.4) is 0 Å². The summed E-state index contributed by atoms with van der Waals surface area (Å²) in [5.41, 5.74) is 4.24. The number of aliphatic hydroxyl groups is 1. The van der Waals surface area contributed by atoms with Crippen molar-refractivity contribution >= 4 is 45.1 Å². The molecule has 4 heterocycles. The Kier molecular flexibility index (Phi) is 6.83. The summed E-state index contributed by atoms with van der Waals surface area (Å²) in [6.07, 6.45) is 6.15. The number of aromatic nitrogens is 1. The number of hydrogen-bond acceptors (Lipinski definition) is 4. The average molecular weight is 545 g/mol. The second-order valence-corrected chi connectivity index (χ2v) is 10.6. The van der Waals surface area contributed by atoms with Crippen LogP contribution in [0.4, 0.5) is 10.1 Å². The molecule has 3 aliphatic heterocycles. The fourth-order valence-corrected chi connectivity index (χ4v) is 5.97. The first-order valence-corrected chi connectivity index (χ1v) is 13.0. The zero-order valence-corrected chi connectivity index (χ0v) is 21.4. The Morgan fingerprint density at radius 2 is 1.91 bits per heavy atom. The number of β-amino-alcohol motifs (C(OH)–C–C–N with tert-alkyl or cyclic N) is 1. The highest BCUT2D eigenvalue weighted by Gasteiger charge is 2.31. The number of halogens is 2. The van der Waals surface area contributed by atoms with Crippen LogP contribution in [0, 0.1) is 12.7 Å². The summed E-state index contributed by atoms with van der Waals surface area (Å²) in [7, 11) is 0. The van der Waals surface area contributed by atoms with Crippen LogP contribution in [-0.4, -0.2) is 70.5 Å². The Balaban J connectivity index is 1.39. The molecular formula is C26H30BrFN4O3. The first kappa shape index (κ1) is 24.2. The van der Waals surface area contributed by atoms with Gasteiger partial charge in [-0.3, -0.25) is 9.59 Å². The SMILES string of the molecule is Cc1c(/C=C2\C(=O)Nc3c(Br)cc(F)cc32)[nH]c2c1C(=O)N(C[C@@H](O)CN1CCCCC1)CCC2. The predicted molar refractivity (Wildman–Crippen MR) is 137 cm³/mol. The van der Waals surface area contributed by atoms with Crippen LogP contribution in [0.2, 0.25) is 0 Å². The number of amides is 2. The molecule has 186 valence electrons. The third-order valence-corrected chi connectivity index (χ3v) is 7.81. The van der Waals surface area contributed by atoms with Gasteiger partial charge in [0.2, 0.25) is 0 Å². The molecule has 0 bridgehead atoms. The molecule has 1 fully saturated rings. The van der Waals surface area contributed by atoms with Crippen molar-refractivity contribution in [3.05, 3.63) is 50.5 Å². The predicted octanol–water partition coefficient (Wildman–Crippen LogP) is 3.95. The van der Waals surface area contributed by atoms with E-state index >= 15 is 0 Å². The van der Waals surface area contributed by atoms with Crippen LogP contribution < -0.4 is 5.32 Å². The number of aryl methyl sites for hydroxylation is 1. The van der Waals surface area contributed by atoms with Gasteiger partial charge in [0.1, 0.15) is 5.82 Å². The highest BCUT2D eigenvalue weighted by molar-refractivity contribution is 9.10. The number of nitrogens with zero attached hydrogens (tertiary/aromatic N) is 2. The molecule has 3 aliphatic rings. The van der Waals surface area contributed by atoms with Gasteiger partial charge in [-0.15, -0.1) is 0 Å². The van der Waals surface area contributed by atoms with Crippen molar-refractivity contribution in [2.75, 3.05) is 38.0 Å². The molecule has 5 rings (SSSR count). The number of carbonyl (C=O) groups is 2. The van der Waals surface area contributed by atoms with Crippen LogP contribution >= 0.6 is 15.9 Å². The van der Waals surface area contributed by atoms with Gasteiger partial charge in [-0.05, 0) is 85.4 Å². The first-order chi connectivity index (χ1) is 16.8. The standard InChI is InChI=1S/C26H30BrFN4O3/c1-15-22(12-19-18-10-16(28)11-20(27)24(18)30-25(19)34)29-21-6-5-9-32(26(35)23(15)21)14-17(33)13-31-7-3-2-4-8-31/h10-12,17,29,33H,2-9,13-14H2,1H3,(H,30,34)/b19-12-/t17-/m0/s1. The van der Waals surface area contributed by atoms with E-state index < -0.39 is 11.9 Å². The number of fused-ring (bicyclic) bond motifs is 2. The van der Waals surface area contributed by atoms with Crippen molar-refractivity contribution in [2.45, 2.75) is 45.1 Å². The number of likely N-dealkylation sites (tertiary alicyclic amines) is 1. The molecule has 0 spiro atoms. The first-order valence-electron chi connectivity index (χ1n) is 12.3. The number of aliphatic hydroxyl groups excluding tert-OH is 1. The maximum absolute atomic E-state index is 14.0. The molecule has 1 atom stereocenters. The van der Waals surface area contributed by atoms with Crippen molar-refractivity contribution in [3.63, 3.8) is 0 Å². The van der Waals surface area contributed by atoms with Crippen LogP contribution in [0.15, 0.2) is 16.6 Å². The van der Waals surface area contributed by atoms with Crippen molar-refractivity contribution in [3.8, 4) is 0 Å². The smallest absolute Gasteiger partial charge is 0.256 e. The molecular weight excluding hydrogens is 515 g/mol. The molecule has 1 saturated heterocycles. The second kappa shape index (κ2) is 9.87. The molecule has 0 unspecified atom stereocenters. The van der Waals surface area contributed by atoms with E-state index in [1.165, 1.54) is 18.6 Å². The molecule has 1 aromatic carbocycles. The highest BCUT2D eigenvalue weighted by atomic mass is 79.9. The summed E-state index contributed by atoms with van der Waals surface area (Å²) < 4.78 is 14.5. The topological polar surface area (TPSA) is 88.7 Å². The van der Waals surface area contributed by atoms with Gasteiger partial charge >= 0.3 is 0 Å². The van der Waals surface area contributed by atoms with E-state index in [-0.39, 0.29) is 11.8 Å². The summed E-state index contributed by atoms with van der Waals surface area (Å²) in [6, 6.07) is 2.65. The van der Waals surface area contributed by atoms with Gasteiger partial charge < -0.3 is 25.2 Å². The summed E-state index contributed by atoms with van der Waals surface area (Å²) in [6.45, 7) is 5.35. The molecule has 35 heavy (non-hydrogen) atoms. The summed E-state index contributed by atoms with van der Waals surface area (Å²) in [5.74, 6) is -0.853. The zero-order chi connectivity index (χ0) is 24.7. The van der Waals surface area contributed by atoms with Gasteiger partial charge in [-0.25, -0.2) is 4.39 Å². The number of nitrogens with one attached hydrogen (secondary N) is 2. The van der Waals surface area contributed by atoms with E-state index in [0.717, 1.165) is 43.6 Å². The van der Waals surface area contributed by atoms with E-state index in [1.54, 1.807) is 11.0 Å². The number of H-pyrrole nitrogens is 1. The largest absolute Gasteiger partial charge is 0.390 e. The van der Waals surface area contributed by atoms with E-state index in [2.05, 4.69) is 31.1 Å². The van der Waals surface area contributed by atoms with Crippen molar-refractivity contribution in [1.82, 2.24) is 14.8 Å². The number of piperidine rings is 1. The molecule has 1 aromatic heterocycles. The van der Waals surface area contributed by atoms with Gasteiger partial charge in [0.15, 0.2) is 0 Å². The number of aromatic amines is 1. The summed E-state index contributed by atoms with van der Waals surface area (Å²) >= 11 is 3.31. The fourth-order valence-electron chi connectivity index (χ4n) is 5.44. The van der Waals surface area contributed by atoms with E-state index in [9.17, 15) is 19.1 Å². The van der Waals surface area contributed by atoms with Crippen LogP contribution in [0.1, 0.15) is 58.6 Å². The molecule has 0 saturated carbocycles. The molecule has 3 N–H and O–H groups in total. The molecule has 0 aliphatic carbocycles. The van der Waals surface area contributed by atoms with Crippen molar-refractivity contribution in [1.29, 1.82) is 0 Å². The number of carbonyl (C=O) groups excluding carboxylic acids is 2. The van der Waals surface area contributed by atoms with Crippen LogP contribution in [0.25, 0.3) is 11.6 Å². The zero-order valence-electron chi connectivity index (χ0n) is 19.8. The lowest BCUT2D eigenvalue weighted by atomic mass is 10.0. The number of benzene rings is 1. The van der Waals surface area contributed by atoms with E-state index in [4.69, 9.17) is 0 Å². The third kappa shape index (κ3) is 4.81. The quantitative estimate of drug-likeness (QED) is 0.497. The van der Waals surface area contributed by atoms with E-state index in [0.29, 0.717) is 58.6 Å². The lowest BCUT2D eigenvalue weighted by molar-refractivity contribution is -0.110. The maximum Gasteiger partial charge on any atom is 0.256 e. The van der Waals surface area contributed by atoms with Gasteiger partial charge in [-0.1, -0.05) is 6.42 Å². The highest BCUT2D eigenvalue weighted by Crippen LogP contribution is 2.39. The van der Waals surface area contributed by atoms with E-state index in [1.807, 2.05) is 6.92 Å². The van der Waals surface area contributed by atoms with Crippen LogP contribution in [-0.2, 0) is 11.2 Å². The lowest BCUT2D eigenvalue weighted by Crippen LogP contribution is -2.44. The lowest BCUT2D eigenvalue weighted by Gasteiger charge is -2.31. The van der Waals surface area contributed by atoms with Gasteiger partial charge in [0.25, 0.3) is 11.8 Å². The summed E-state index contributed by atoms with van der Waals surface area (Å²) in [4.78, 5) is 33.5. The second-order valence-electron chi connectivity index (χ2n) is 9.71. The van der Waals surface area contributed by atoms with Crippen LogP contribution in [0.5, 0.6) is 0 Å². The molecule has 2 aromatic rings. The Morgan fingerprint density at radius 3 is 2.69 bits per heavy atom. The number of hydrogen-bond donors (Lipinski definition) is 3.